The zero-order chi connectivity index (χ0) is 13.6. The normalized spacial score (nSPS) is 13.3. The van der Waals surface area contributed by atoms with Gasteiger partial charge in [0.15, 0.2) is 0 Å². The van der Waals surface area contributed by atoms with Gasteiger partial charge >= 0.3 is 5.97 Å². The van der Waals surface area contributed by atoms with Crippen molar-refractivity contribution in [3.63, 3.8) is 0 Å². The average Bonchev–Trinajstić information content (AvgIpc) is 2.40. The standard InChI is InChI=1S/C16H28O2/c1-4-6-8-10-12-14-15(16(17)18-3)13-11-9-7-5-2/h4,6-7,9,15H,5,8,10-14H2,1-3H3. The highest BCUT2D eigenvalue weighted by molar-refractivity contribution is 5.72. The molecule has 0 saturated heterocycles. The van der Waals surface area contributed by atoms with E-state index < -0.39 is 0 Å². The summed E-state index contributed by atoms with van der Waals surface area (Å²) in [5, 5.41) is 0. The third-order valence-corrected chi connectivity index (χ3v) is 3.03. The number of hydrogen-bond donors (Lipinski definition) is 0. The maximum absolute atomic E-state index is 11.6. The Labute approximate surface area is 112 Å². The van der Waals surface area contributed by atoms with Crippen LogP contribution in [0.25, 0.3) is 0 Å². The van der Waals surface area contributed by atoms with Crippen LogP contribution >= 0.6 is 0 Å². The smallest absolute Gasteiger partial charge is 0.308 e. The van der Waals surface area contributed by atoms with E-state index in [1.165, 1.54) is 7.11 Å². The molecule has 0 heterocycles. The van der Waals surface area contributed by atoms with Crippen LogP contribution in [0.15, 0.2) is 24.3 Å². The average molecular weight is 252 g/mol. The van der Waals surface area contributed by atoms with E-state index in [0.717, 1.165) is 44.9 Å². The molecule has 0 bridgehead atoms. The van der Waals surface area contributed by atoms with Crippen molar-refractivity contribution in [2.75, 3.05) is 7.11 Å². The summed E-state index contributed by atoms with van der Waals surface area (Å²) >= 11 is 0. The monoisotopic (exact) mass is 252 g/mol. The van der Waals surface area contributed by atoms with E-state index in [-0.39, 0.29) is 11.9 Å². The molecular weight excluding hydrogens is 224 g/mol. The summed E-state index contributed by atoms with van der Waals surface area (Å²) in [5.74, 6) is 0.0213. The van der Waals surface area contributed by atoms with Gasteiger partial charge in [-0.15, -0.1) is 0 Å². The molecule has 0 aliphatic rings. The number of ether oxygens (including phenoxy) is 1. The van der Waals surface area contributed by atoms with Gasteiger partial charge in [-0.1, -0.05) is 37.6 Å². The maximum Gasteiger partial charge on any atom is 0.308 e. The lowest BCUT2D eigenvalue weighted by Gasteiger charge is -2.13. The molecule has 0 aromatic rings. The van der Waals surface area contributed by atoms with Crippen LogP contribution in [0.2, 0.25) is 0 Å². The molecule has 18 heavy (non-hydrogen) atoms. The van der Waals surface area contributed by atoms with Gasteiger partial charge in [-0.2, -0.15) is 0 Å². The van der Waals surface area contributed by atoms with Crippen LogP contribution in [0.5, 0.6) is 0 Å². The highest BCUT2D eigenvalue weighted by Gasteiger charge is 2.17. The first-order chi connectivity index (χ1) is 8.76. The molecule has 0 spiro atoms. The quantitative estimate of drug-likeness (QED) is 0.321. The van der Waals surface area contributed by atoms with Crippen LogP contribution in [-0.2, 0) is 9.53 Å². The lowest BCUT2D eigenvalue weighted by atomic mass is 9.96. The van der Waals surface area contributed by atoms with Crippen LogP contribution in [-0.4, -0.2) is 13.1 Å². The van der Waals surface area contributed by atoms with Crippen molar-refractivity contribution in [2.24, 2.45) is 5.92 Å². The van der Waals surface area contributed by atoms with E-state index in [2.05, 4.69) is 31.2 Å². The van der Waals surface area contributed by atoms with Gasteiger partial charge in [-0.05, 0) is 45.4 Å². The molecule has 104 valence electrons. The minimum atomic E-state index is -0.0501. The van der Waals surface area contributed by atoms with Crippen LogP contribution < -0.4 is 0 Å². The van der Waals surface area contributed by atoms with E-state index in [9.17, 15) is 4.79 Å². The first-order valence-electron chi connectivity index (χ1n) is 7.10. The minimum Gasteiger partial charge on any atom is -0.469 e. The number of unbranched alkanes of at least 4 members (excludes halogenated alkanes) is 2. The molecule has 0 amide bonds. The van der Waals surface area contributed by atoms with Crippen molar-refractivity contribution in [1.82, 2.24) is 0 Å². The van der Waals surface area contributed by atoms with Crippen LogP contribution in [0.4, 0.5) is 0 Å². The molecule has 0 N–H and O–H groups in total. The van der Waals surface area contributed by atoms with Crippen molar-refractivity contribution < 1.29 is 9.53 Å². The summed E-state index contributed by atoms with van der Waals surface area (Å²) < 4.78 is 4.87. The van der Waals surface area contributed by atoms with Gasteiger partial charge in [0.25, 0.3) is 0 Å². The molecule has 0 aromatic carbocycles. The molecule has 1 unspecified atom stereocenters. The molecular formula is C16H28O2. The van der Waals surface area contributed by atoms with Gasteiger partial charge in [0.1, 0.15) is 0 Å². The van der Waals surface area contributed by atoms with E-state index in [1.54, 1.807) is 0 Å². The molecule has 2 heteroatoms. The number of allylic oxidation sites excluding steroid dienone is 4. The Balaban J connectivity index is 3.91. The molecule has 0 fully saturated rings. The Bertz CT molecular complexity index is 254. The Morgan fingerprint density at radius 1 is 1.11 bits per heavy atom. The first kappa shape index (κ1) is 16.9. The molecule has 2 nitrogen and oxygen atoms in total. The SMILES string of the molecule is CC=CCCCCC(CCC=CCC)C(=O)OC. The molecule has 0 saturated carbocycles. The van der Waals surface area contributed by atoms with Crippen molar-refractivity contribution in [3.8, 4) is 0 Å². The number of hydrogen-bond acceptors (Lipinski definition) is 2. The number of carbonyl (C=O) groups excluding carboxylic acids is 1. The lowest BCUT2D eigenvalue weighted by Crippen LogP contribution is -2.16. The molecule has 0 aliphatic heterocycles. The van der Waals surface area contributed by atoms with Crippen molar-refractivity contribution in [3.05, 3.63) is 24.3 Å². The first-order valence-corrected chi connectivity index (χ1v) is 7.10. The van der Waals surface area contributed by atoms with Gasteiger partial charge in [0.05, 0.1) is 13.0 Å². The summed E-state index contributed by atoms with van der Waals surface area (Å²) in [5.41, 5.74) is 0. The van der Waals surface area contributed by atoms with E-state index in [1.807, 2.05) is 6.92 Å². The van der Waals surface area contributed by atoms with Crippen molar-refractivity contribution >= 4 is 5.97 Å². The maximum atomic E-state index is 11.6. The number of esters is 1. The van der Waals surface area contributed by atoms with Gasteiger partial charge in [0.2, 0.25) is 0 Å². The van der Waals surface area contributed by atoms with Gasteiger partial charge in [-0.3, -0.25) is 4.79 Å². The third-order valence-electron chi connectivity index (χ3n) is 3.03. The predicted molar refractivity (Wildman–Crippen MR) is 77.5 cm³/mol. The number of rotatable bonds is 10. The molecule has 0 aromatic heterocycles. The fraction of sp³-hybridized carbons (Fsp3) is 0.688. The summed E-state index contributed by atoms with van der Waals surface area (Å²) in [6.45, 7) is 4.16. The summed E-state index contributed by atoms with van der Waals surface area (Å²) in [4.78, 5) is 11.6. The Hall–Kier alpha value is -1.05. The summed E-state index contributed by atoms with van der Waals surface area (Å²) in [6.07, 6.45) is 15.8. The third kappa shape index (κ3) is 9.03. The van der Waals surface area contributed by atoms with E-state index in [0.29, 0.717) is 0 Å². The Morgan fingerprint density at radius 2 is 1.89 bits per heavy atom. The Kier molecular flexibility index (Phi) is 11.7. The molecule has 0 aliphatic carbocycles. The van der Waals surface area contributed by atoms with Crippen LogP contribution in [0, 0.1) is 5.92 Å². The number of carbonyl (C=O) groups is 1. The fourth-order valence-electron chi connectivity index (χ4n) is 1.95. The largest absolute Gasteiger partial charge is 0.469 e. The molecule has 1 atom stereocenters. The number of methoxy groups -OCH3 is 1. The van der Waals surface area contributed by atoms with Crippen LogP contribution in [0.1, 0.15) is 58.8 Å². The second kappa shape index (κ2) is 12.4. The zero-order valence-corrected chi connectivity index (χ0v) is 12.2. The predicted octanol–water partition coefficient (Wildman–Crippen LogP) is 4.66. The lowest BCUT2D eigenvalue weighted by molar-refractivity contribution is -0.145. The minimum absolute atomic E-state index is 0.0501. The summed E-state index contributed by atoms with van der Waals surface area (Å²) in [7, 11) is 1.48. The summed E-state index contributed by atoms with van der Waals surface area (Å²) in [6, 6.07) is 0. The Morgan fingerprint density at radius 3 is 2.50 bits per heavy atom. The van der Waals surface area contributed by atoms with Gasteiger partial charge < -0.3 is 4.74 Å². The second-order valence-corrected chi connectivity index (χ2v) is 4.53. The van der Waals surface area contributed by atoms with E-state index in [4.69, 9.17) is 4.74 Å². The van der Waals surface area contributed by atoms with Gasteiger partial charge in [-0.25, -0.2) is 0 Å². The van der Waals surface area contributed by atoms with Crippen molar-refractivity contribution in [2.45, 2.75) is 58.8 Å². The van der Waals surface area contributed by atoms with Gasteiger partial charge in [0, 0.05) is 0 Å². The molecule has 0 rings (SSSR count). The second-order valence-electron chi connectivity index (χ2n) is 4.53. The highest BCUT2D eigenvalue weighted by Crippen LogP contribution is 2.18. The zero-order valence-electron chi connectivity index (χ0n) is 12.2. The van der Waals surface area contributed by atoms with E-state index >= 15 is 0 Å². The highest BCUT2D eigenvalue weighted by atomic mass is 16.5. The fourth-order valence-corrected chi connectivity index (χ4v) is 1.95. The van der Waals surface area contributed by atoms with Crippen molar-refractivity contribution in [1.29, 1.82) is 0 Å². The topological polar surface area (TPSA) is 26.3 Å². The molecule has 0 radical (unpaired) electrons. The van der Waals surface area contributed by atoms with Crippen LogP contribution in [0.3, 0.4) is 0 Å².